The summed E-state index contributed by atoms with van der Waals surface area (Å²) in [5.41, 5.74) is 3.80. The minimum absolute atomic E-state index is 0.950. The maximum absolute atomic E-state index is 4.52. The Kier molecular flexibility index (Phi) is 6.05. The first-order valence-electron chi connectivity index (χ1n) is 7.49. The summed E-state index contributed by atoms with van der Waals surface area (Å²) in [6.07, 6.45) is 0. The molecule has 0 radical (unpaired) electrons. The highest BCUT2D eigenvalue weighted by Gasteiger charge is 1.98. The standard InChI is InChI=1S/C12H8N2.2C4H4S/c1-2-6-10-9(5-1)13-11-7-3-4-8-12(11)14-10;2*1-2-4-5-3-1/h1-8H;2*1-4H. The van der Waals surface area contributed by atoms with Gasteiger partial charge in [-0.05, 0) is 45.8 Å². The number of rotatable bonds is 0. The fourth-order valence-electron chi connectivity index (χ4n) is 2.02. The van der Waals surface area contributed by atoms with Gasteiger partial charge in [-0.1, -0.05) is 48.5 Å². The third kappa shape index (κ3) is 4.72. The van der Waals surface area contributed by atoms with Gasteiger partial charge >= 0.3 is 0 Å². The molecular formula is C20H16N2S2. The molecule has 0 aliphatic rings. The summed E-state index contributed by atoms with van der Waals surface area (Å²) >= 11 is 3.43. The van der Waals surface area contributed by atoms with Crippen LogP contribution in [0.25, 0.3) is 22.1 Å². The lowest BCUT2D eigenvalue weighted by atomic mass is 10.2. The van der Waals surface area contributed by atoms with Crippen LogP contribution < -0.4 is 0 Å². The van der Waals surface area contributed by atoms with Crippen LogP contribution in [-0.4, -0.2) is 9.97 Å². The number of aromatic nitrogens is 2. The van der Waals surface area contributed by atoms with E-state index in [0.717, 1.165) is 22.1 Å². The topological polar surface area (TPSA) is 25.8 Å². The molecule has 0 unspecified atom stereocenters. The molecular weight excluding hydrogens is 332 g/mol. The molecule has 0 aliphatic carbocycles. The summed E-state index contributed by atoms with van der Waals surface area (Å²) < 4.78 is 0. The van der Waals surface area contributed by atoms with Gasteiger partial charge in [-0.15, -0.1) is 0 Å². The highest BCUT2D eigenvalue weighted by molar-refractivity contribution is 7.08. The second-order valence-electron chi connectivity index (χ2n) is 4.79. The Hall–Kier alpha value is -2.56. The maximum Gasteiger partial charge on any atom is 0.0894 e. The predicted molar refractivity (Wildman–Crippen MR) is 106 cm³/mol. The summed E-state index contributed by atoms with van der Waals surface area (Å²) in [5, 5.41) is 8.17. The van der Waals surface area contributed by atoms with Crippen LogP contribution in [0, 0.1) is 0 Å². The summed E-state index contributed by atoms with van der Waals surface area (Å²) in [4.78, 5) is 9.03. The largest absolute Gasteiger partial charge is 0.245 e. The van der Waals surface area contributed by atoms with Crippen LogP contribution >= 0.6 is 22.7 Å². The molecule has 0 spiro atoms. The third-order valence-corrected chi connectivity index (χ3v) is 4.35. The molecule has 0 bridgehead atoms. The SMILES string of the molecule is c1ccc2nc3ccccc3nc2c1.c1ccsc1.c1ccsc1. The quantitative estimate of drug-likeness (QED) is 0.308. The van der Waals surface area contributed by atoms with E-state index in [0.29, 0.717) is 0 Å². The van der Waals surface area contributed by atoms with Crippen LogP contribution in [-0.2, 0) is 0 Å². The molecule has 0 atom stereocenters. The smallest absolute Gasteiger partial charge is 0.0894 e. The number of para-hydroxylation sites is 4. The van der Waals surface area contributed by atoms with E-state index >= 15 is 0 Å². The maximum atomic E-state index is 4.52. The fourth-order valence-corrected chi connectivity index (χ4v) is 2.93. The lowest BCUT2D eigenvalue weighted by Crippen LogP contribution is -1.85. The van der Waals surface area contributed by atoms with Gasteiger partial charge in [0.2, 0.25) is 0 Å². The van der Waals surface area contributed by atoms with Gasteiger partial charge in [0.15, 0.2) is 0 Å². The fraction of sp³-hybridized carbons (Fsp3) is 0. The molecule has 0 fully saturated rings. The van der Waals surface area contributed by atoms with E-state index in [1.807, 2.05) is 94.3 Å². The van der Waals surface area contributed by atoms with Crippen molar-refractivity contribution in [2.24, 2.45) is 0 Å². The first-order chi connectivity index (χ1) is 11.9. The molecule has 24 heavy (non-hydrogen) atoms. The number of hydrogen-bond acceptors (Lipinski definition) is 4. The van der Waals surface area contributed by atoms with Gasteiger partial charge in [-0.25, -0.2) is 9.97 Å². The lowest BCUT2D eigenvalue weighted by Gasteiger charge is -1.98. The van der Waals surface area contributed by atoms with E-state index in [2.05, 4.69) is 9.97 Å². The monoisotopic (exact) mass is 348 g/mol. The number of fused-ring (bicyclic) bond motifs is 2. The van der Waals surface area contributed by atoms with Crippen LogP contribution in [0.5, 0.6) is 0 Å². The number of hydrogen-bond donors (Lipinski definition) is 0. The van der Waals surface area contributed by atoms with Crippen molar-refractivity contribution in [2.45, 2.75) is 0 Å². The van der Waals surface area contributed by atoms with Crippen LogP contribution in [0.1, 0.15) is 0 Å². The second-order valence-corrected chi connectivity index (χ2v) is 6.42. The van der Waals surface area contributed by atoms with Crippen molar-refractivity contribution < 1.29 is 0 Å². The second kappa shape index (κ2) is 8.91. The molecule has 0 saturated heterocycles. The van der Waals surface area contributed by atoms with E-state index in [9.17, 15) is 0 Å². The van der Waals surface area contributed by atoms with Crippen molar-refractivity contribution in [1.29, 1.82) is 0 Å². The summed E-state index contributed by atoms with van der Waals surface area (Å²) in [7, 11) is 0. The van der Waals surface area contributed by atoms with Crippen molar-refractivity contribution >= 4 is 44.7 Å². The van der Waals surface area contributed by atoms with Gasteiger partial charge in [0.1, 0.15) is 0 Å². The van der Waals surface area contributed by atoms with Crippen LogP contribution in [0.4, 0.5) is 0 Å². The Labute approximate surface area is 149 Å². The Balaban J connectivity index is 0.000000138. The Bertz CT molecular complexity index is 796. The Morgan fingerprint density at radius 1 is 0.417 bits per heavy atom. The third-order valence-electron chi connectivity index (χ3n) is 3.10. The van der Waals surface area contributed by atoms with Crippen LogP contribution in [0.2, 0.25) is 0 Å². The van der Waals surface area contributed by atoms with Crippen molar-refractivity contribution in [3.05, 3.63) is 94.3 Å². The van der Waals surface area contributed by atoms with Crippen molar-refractivity contribution in [3.8, 4) is 0 Å². The molecule has 5 aromatic rings. The number of benzene rings is 2. The average Bonchev–Trinajstić information content (AvgIpc) is 3.38. The van der Waals surface area contributed by atoms with E-state index in [1.54, 1.807) is 22.7 Å². The van der Waals surface area contributed by atoms with Gasteiger partial charge < -0.3 is 0 Å². The highest BCUT2D eigenvalue weighted by Crippen LogP contribution is 2.14. The van der Waals surface area contributed by atoms with Crippen molar-refractivity contribution in [1.82, 2.24) is 9.97 Å². The predicted octanol–water partition coefficient (Wildman–Crippen LogP) is 6.28. The Morgan fingerprint density at radius 2 is 0.708 bits per heavy atom. The zero-order valence-electron chi connectivity index (χ0n) is 12.9. The Morgan fingerprint density at radius 3 is 0.917 bits per heavy atom. The normalized spacial score (nSPS) is 9.67. The minimum Gasteiger partial charge on any atom is -0.245 e. The molecule has 3 aromatic heterocycles. The summed E-state index contributed by atoms with van der Waals surface area (Å²) in [6, 6.07) is 23.9. The molecule has 118 valence electrons. The van der Waals surface area contributed by atoms with E-state index in [4.69, 9.17) is 0 Å². The van der Waals surface area contributed by atoms with Crippen molar-refractivity contribution in [3.63, 3.8) is 0 Å². The van der Waals surface area contributed by atoms with Gasteiger partial charge in [0, 0.05) is 0 Å². The number of thiophene rings is 2. The molecule has 2 nitrogen and oxygen atoms in total. The lowest BCUT2D eigenvalue weighted by molar-refractivity contribution is 1.39. The number of nitrogens with zero attached hydrogens (tertiary/aromatic N) is 2. The zero-order valence-corrected chi connectivity index (χ0v) is 14.6. The van der Waals surface area contributed by atoms with E-state index in [-0.39, 0.29) is 0 Å². The molecule has 0 amide bonds. The minimum atomic E-state index is 0.950. The highest BCUT2D eigenvalue weighted by atomic mass is 32.1. The first-order valence-corrected chi connectivity index (χ1v) is 9.38. The van der Waals surface area contributed by atoms with E-state index < -0.39 is 0 Å². The van der Waals surface area contributed by atoms with Crippen molar-refractivity contribution in [2.75, 3.05) is 0 Å². The van der Waals surface area contributed by atoms with Gasteiger partial charge in [-0.2, -0.15) is 22.7 Å². The zero-order chi connectivity index (χ0) is 16.5. The molecule has 3 heterocycles. The van der Waals surface area contributed by atoms with Gasteiger partial charge in [-0.3, -0.25) is 0 Å². The average molecular weight is 348 g/mol. The van der Waals surface area contributed by atoms with E-state index in [1.165, 1.54) is 0 Å². The van der Waals surface area contributed by atoms with Crippen LogP contribution in [0.3, 0.4) is 0 Å². The molecule has 5 rings (SSSR count). The molecule has 0 aliphatic heterocycles. The first kappa shape index (κ1) is 16.3. The molecule has 2 aromatic carbocycles. The van der Waals surface area contributed by atoms with Gasteiger partial charge in [0.05, 0.1) is 22.1 Å². The molecule has 0 saturated carbocycles. The van der Waals surface area contributed by atoms with Gasteiger partial charge in [0.25, 0.3) is 0 Å². The summed E-state index contributed by atoms with van der Waals surface area (Å²) in [6.45, 7) is 0. The van der Waals surface area contributed by atoms with Crippen LogP contribution in [0.15, 0.2) is 94.3 Å². The summed E-state index contributed by atoms with van der Waals surface area (Å²) in [5.74, 6) is 0. The molecule has 0 N–H and O–H groups in total. The molecule has 4 heteroatoms.